The van der Waals surface area contributed by atoms with Crippen LogP contribution in [0.5, 0.6) is 0 Å². The summed E-state index contributed by atoms with van der Waals surface area (Å²) in [7, 11) is 0. The molecule has 0 aliphatic carbocycles. The molecule has 0 spiro atoms. The maximum atomic E-state index is 11.5. The van der Waals surface area contributed by atoms with Crippen molar-refractivity contribution in [2.24, 2.45) is 5.41 Å². The molecule has 1 atom stereocenters. The molecule has 2 N–H and O–H groups in total. The Morgan fingerprint density at radius 1 is 1.59 bits per heavy atom. The molecule has 1 heterocycles. The smallest absolute Gasteiger partial charge is 0.310 e. The Labute approximate surface area is 101 Å². The number of hydrogen-bond acceptors (Lipinski definition) is 3. The molecule has 1 rings (SSSR count). The Bertz CT molecular complexity index is 348. The number of carbonyl (C=O) groups is 2. The van der Waals surface area contributed by atoms with E-state index in [0.717, 1.165) is 13.0 Å². The number of aliphatic carboxylic acids is 1. The van der Waals surface area contributed by atoms with Crippen LogP contribution < -0.4 is 5.32 Å². The highest BCUT2D eigenvalue weighted by molar-refractivity contribution is 5.78. The van der Waals surface area contributed by atoms with Gasteiger partial charge in [0.25, 0.3) is 0 Å². The first kappa shape index (κ1) is 13.5. The molecule has 1 fully saturated rings. The fourth-order valence-electron chi connectivity index (χ4n) is 2.06. The van der Waals surface area contributed by atoms with Crippen molar-refractivity contribution < 1.29 is 14.7 Å². The number of likely N-dealkylation sites (tertiary alicyclic amines) is 1. The van der Waals surface area contributed by atoms with Gasteiger partial charge in [-0.15, -0.1) is 6.42 Å². The van der Waals surface area contributed by atoms with Gasteiger partial charge in [-0.25, -0.2) is 0 Å². The predicted molar refractivity (Wildman–Crippen MR) is 63.3 cm³/mol. The van der Waals surface area contributed by atoms with E-state index in [-0.39, 0.29) is 19.0 Å². The minimum absolute atomic E-state index is 0.155. The van der Waals surface area contributed by atoms with Gasteiger partial charge in [0.1, 0.15) is 0 Å². The third kappa shape index (κ3) is 3.75. The van der Waals surface area contributed by atoms with Crippen molar-refractivity contribution in [1.29, 1.82) is 0 Å². The van der Waals surface area contributed by atoms with Crippen molar-refractivity contribution in [3.05, 3.63) is 0 Å². The minimum atomic E-state index is -0.800. The van der Waals surface area contributed by atoms with Crippen molar-refractivity contribution in [2.75, 3.05) is 26.2 Å². The van der Waals surface area contributed by atoms with Gasteiger partial charge in [-0.1, -0.05) is 5.92 Å². The number of carboxylic acids is 1. The molecule has 1 saturated heterocycles. The first-order valence-electron chi connectivity index (χ1n) is 5.64. The summed E-state index contributed by atoms with van der Waals surface area (Å²) in [6.07, 6.45) is 6.49. The zero-order valence-electron chi connectivity index (χ0n) is 10.0. The monoisotopic (exact) mass is 238 g/mol. The van der Waals surface area contributed by atoms with Crippen molar-refractivity contribution >= 4 is 11.9 Å². The number of rotatable bonds is 4. The zero-order valence-corrected chi connectivity index (χ0v) is 10.0. The molecule has 1 aliphatic rings. The van der Waals surface area contributed by atoms with E-state index in [2.05, 4.69) is 11.2 Å². The van der Waals surface area contributed by atoms with Crippen molar-refractivity contribution in [1.82, 2.24) is 10.2 Å². The SMILES string of the molecule is C#CCNC(=O)CN1CCCC(C)(C(=O)O)C1. The van der Waals surface area contributed by atoms with Crippen molar-refractivity contribution in [3.8, 4) is 12.3 Å². The molecule has 0 aromatic heterocycles. The number of nitrogens with one attached hydrogen (secondary N) is 1. The Kier molecular flexibility index (Phi) is 4.53. The van der Waals surface area contributed by atoms with Crippen molar-refractivity contribution in [2.45, 2.75) is 19.8 Å². The second-order valence-electron chi connectivity index (χ2n) is 4.66. The lowest BCUT2D eigenvalue weighted by Gasteiger charge is -2.37. The zero-order chi connectivity index (χ0) is 12.9. The molecule has 0 saturated carbocycles. The number of hydrogen-bond donors (Lipinski definition) is 2. The summed E-state index contributed by atoms with van der Waals surface area (Å²) in [5.41, 5.74) is -0.745. The fourth-order valence-corrected chi connectivity index (χ4v) is 2.06. The van der Waals surface area contributed by atoms with Gasteiger partial charge >= 0.3 is 5.97 Å². The number of nitrogens with zero attached hydrogens (tertiary/aromatic N) is 1. The van der Waals surface area contributed by atoms with E-state index < -0.39 is 11.4 Å². The molecule has 5 nitrogen and oxygen atoms in total. The highest BCUT2D eigenvalue weighted by Gasteiger charge is 2.38. The van der Waals surface area contributed by atoms with E-state index in [1.54, 1.807) is 6.92 Å². The van der Waals surface area contributed by atoms with Crippen LogP contribution in [-0.4, -0.2) is 48.1 Å². The van der Waals surface area contributed by atoms with Crippen LogP contribution in [0.3, 0.4) is 0 Å². The standard InChI is InChI=1S/C12H18N2O3/c1-3-6-13-10(15)8-14-7-4-5-12(2,9-14)11(16)17/h1H,4-9H2,2H3,(H,13,15)(H,16,17). The summed E-state index contributed by atoms with van der Waals surface area (Å²) in [5.74, 6) is 1.37. The predicted octanol–water partition coefficient (Wildman–Crippen LogP) is -0.0775. The van der Waals surface area contributed by atoms with Gasteiger partial charge in [0, 0.05) is 6.54 Å². The van der Waals surface area contributed by atoms with Crippen LogP contribution in [0.2, 0.25) is 0 Å². The van der Waals surface area contributed by atoms with Gasteiger partial charge in [0.15, 0.2) is 0 Å². The molecule has 94 valence electrons. The number of piperidine rings is 1. The summed E-state index contributed by atoms with van der Waals surface area (Å²) in [6.45, 7) is 3.31. The van der Waals surface area contributed by atoms with E-state index >= 15 is 0 Å². The molecule has 0 bridgehead atoms. The topological polar surface area (TPSA) is 69.6 Å². The Morgan fingerprint density at radius 3 is 2.88 bits per heavy atom. The second-order valence-corrected chi connectivity index (χ2v) is 4.66. The Balaban J connectivity index is 2.48. The number of terminal acetylenes is 1. The molecule has 0 radical (unpaired) electrons. The van der Waals surface area contributed by atoms with E-state index in [9.17, 15) is 9.59 Å². The Morgan fingerprint density at radius 2 is 2.29 bits per heavy atom. The lowest BCUT2D eigenvalue weighted by molar-refractivity contribution is -0.151. The Hall–Kier alpha value is -1.54. The minimum Gasteiger partial charge on any atom is -0.481 e. The van der Waals surface area contributed by atoms with Crippen LogP contribution in [0.1, 0.15) is 19.8 Å². The van der Waals surface area contributed by atoms with Crippen LogP contribution in [0.25, 0.3) is 0 Å². The van der Waals surface area contributed by atoms with Crippen LogP contribution in [0.15, 0.2) is 0 Å². The molecule has 17 heavy (non-hydrogen) atoms. The summed E-state index contributed by atoms with van der Waals surface area (Å²) >= 11 is 0. The maximum absolute atomic E-state index is 11.5. The largest absolute Gasteiger partial charge is 0.481 e. The fraction of sp³-hybridized carbons (Fsp3) is 0.667. The number of amides is 1. The second kappa shape index (κ2) is 5.69. The van der Waals surface area contributed by atoms with Gasteiger partial charge in [-0.2, -0.15) is 0 Å². The summed E-state index contributed by atoms with van der Waals surface area (Å²) in [4.78, 5) is 24.4. The van der Waals surface area contributed by atoms with Crippen LogP contribution in [0, 0.1) is 17.8 Å². The maximum Gasteiger partial charge on any atom is 0.310 e. The summed E-state index contributed by atoms with van der Waals surface area (Å²) < 4.78 is 0. The molecule has 0 aromatic carbocycles. The highest BCUT2D eigenvalue weighted by Crippen LogP contribution is 2.29. The summed E-state index contributed by atoms with van der Waals surface area (Å²) in [6, 6.07) is 0. The van der Waals surface area contributed by atoms with Crippen LogP contribution >= 0.6 is 0 Å². The summed E-state index contributed by atoms with van der Waals surface area (Å²) in [5, 5.41) is 11.7. The highest BCUT2D eigenvalue weighted by atomic mass is 16.4. The lowest BCUT2D eigenvalue weighted by Crippen LogP contribution is -2.49. The van der Waals surface area contributed by atoms with E-state index in [4.69, 9.17) is 11.5 Å². The average Bonchev–Trinajstić information content (AvgIpc) is 2.26. The molecular formula is C12H18N2O3. The molecule has 1 aliphatic heterocycles. The van der Waals surface area contributed by atoms with Crippen LogP contribution in [-0.2, 0) is 9.59 Å². The van der Waals surface area contributed by atoms with Gasteiger partial charge in [-0.3, -0.25) is 14.5 Å². The average molecular weight is 238 g/mol. The van der Waals surface area contributed by atoms with E-state index in [0.29, 0.717) is 13.0 Å². The van der Waals surface area contributed by atoms with Gasteiger partial charge < -0.3 is 10.4 Å². The molecule has 5 heteroatoms. The normalized spacial score (nSPS) is 24.9. The number of carbonyl (C=O) groups excluding carboxylic acids is 1. The van der Waals surface area contributed by atoms with E-state index in [1.165, 1.54) is 0 Å². The van der Waals surface area contributed by atoms with E-state index in [1.807, 2.05) is 4.90 Å². The molecule has 1 unspecified atom stereocenters. The molecule has 1 amide bonds. The van der Waals surface area contributed by atoms with Crippen LogP contribution in [0.4, 0.5) is 0 Å². The first-order valence-corrected chi connectivity index (χ1v) is 5.64. The number of carboxylic acid groups (broad SMARTS) is 1. The quantitative estimate of drug-likeness (QED) is 0.672. The van der Waals surface area contributed by atoms with Gasteiger partial charge in [-0.05, 0) is 26.3 Å². The lowest BCUT2D eigenvalue weighted by atomic mass is 9.82. The van der Waals surface area contributed by atoms with Gasteiger partial charge in [0.05, 0.1) is 18.5 Å². The van der Waals surface area contributed by atoms with Gasteiger partial charge in [0.2, 0.25) is 5.91 Å². The molecule has 0 aromatic rings. The molecular weight excluding hydrogens is 220 g/mol. The third-order valence-corrected chi connectivity index (χ3v) is 3.05. The third-order valence-electron chi connectivity index (χ3n) is 3.05. The van der Waals surface area contributed by atoms with Crippen molar-refractivity contribution in [3.63, 3.8) is 0 Å². The first-order chi connectivity index (χ1) is 7.98.